The largest absolute Gasteiger partial charge is 0.317 e. The van der Waals surface area contributed by atoms with Gasteiger partial charge in [-0.15, -0.1) is 0 Å². The summed E-state index contributed by atoms with van der Waals surface area (Å²) in [7, 11) is 0. The van der Waals surface area contributed by atoms with E-state index in [4.69, 9.17) is 0 Å². The van der Waals surface area contributed by atoms with E-state index in [0.717, 1.165) is 19.5 Å². The van der Waals surface area contributed by atoms with Crippen LogP contribution in [0.15, 0.2) is 36.4 Å². The molecule has 2 aromatic carbocycles. The van der Waals surface area contributed by atoms with Gasteiger partial charge >= 0.3 is 0 Å². The number of benzene rings is 2. The summed E-state index contributed by atoms with van der Waals surface area (Å²) in [6, 6.07) is 13.4. The van der Waals surface area contributed by atoms with Gasteiger partial charge in [-0.1, -0.05) is 48.9 Å². The van der Waals surface area contributed by atoms with Gasteiger partial charge in [0.05, 0.1) is 0 Å². The van der Waals surface area contributed by atoms with Gasteiger partial charge in [-0.2, -0.15) is 0 Å². The quantitative estimate of drug-likeness (QED) is 0.768. The molecule has 0 bridgehead atoms. The number of likely N-dealkylation sites (N-methyl/N-ethyl adjacent to an activating group) is 1. The molecular formula is C15H19N. The maximum atomic E-state index is 3.35. The molecular weight excluding hydrogens is 194 g/mol. The fourth-order valence-corrected chi connectivity index (χ4v) is 1.98. The number of nitrogens with one attached hydrogen (secondary N) is 1. The normalized spacial score (nSPS) is 10.9. The standard InChI is InChI=1S/C15H19N/c1-3-16-9-8-13-5-7-14-10-12(2)4-6-15(14)11-13/h4-7,10-11,16H,3,8-9H2,1-2H3. The molecule has 16 heavy (non-hydrogen) atoms. The molecule has 84 valence electrons. The molecule has 2 aromatic rings. The highest BCUT2D eigenvalue weighted by Crippen LogP contribution is 2.17. The minimum atomic E-state index is 1.05. The van der Waals surface area contributed by atoms with E-state index >= 15 is 0 Å². The molecule has 0 fully saturated rings. The Bertz CT molecular complexity index is 474. The zero-order valence-electron chi connectivity index (χ0n) is 10.1. The van der Waals surface area contributed by atoms with Crippen LogP contribution in [0.4, 0.5) is 0 Å². The molecule has 0 aromatic heterocycles. The Hall–Kier alpha value is -1.34. The second kappa shape index (κ2) is 5.13. The fourth-order valence-electron chi connectivity index (χ4n) is 1.98. The summed E-state index contributed by atoms with van der Waals surface area (Å²) in [5, 5.41) is 6.04. The van der Waals surface area contributed by atoms with Crippen molar-refractivity contribution in [1.29, 1.82) is 0 Å². The molecule has 1 heteroatoms. The third-order valence-electron chi connectivity index (χ3n) is 2.90. The number of hydrogen-bond donors (Lipinski definition) is 1. The van der Waals surface area contributed by atoms with E-state index in [1.165, 1.54) is 21.9 Å². The highest BCUT2D eigenvalue weighted by atomic mass is 14.8. The lowest BCUT2D eigenvalue weighted by Gasteiger charge is -2.05. The monoisotopic (exact) mass is 213 g/mol. The Morgan fingerprint density at radius 2 is 1.75 bits per heavy atom. The predicted octanol–water partition coefficient (Wildman–Crippen LogP) is 3.30. The van der Waals surface area contributed by atoms with Gasteiger partial charge in [-0.3, -0.25) is 0 Å². The van der Waals surface area contributed by atoms with E-state index < -0.39 is 0 Å². The first-order chi connectivity index (χ1) is 7.79. The molecule has 1 N–H and O–H groups in total. The molecule has 0 spiro atoms. The van der Waals surface area contributed by atoms with Crippen LogP contribution < -0.4 is 5.32 Å². The highest BCUT2D eigenvalue weighted by molar-refractivity contribution is 5.83. The second-order valence-electron chi connectivity index (χ2n) is 4.29. The molecule has 0 heterocycles. The fraction of sp³-hybridized carbons (Fsp3) is 0.333. The second-order valence-corrected chi connectivity index (χ2v) is 4.29. The molecule has 0 aliphatic heterocycles. The summed E-state index contributed by atoms with van der Waals surface area (Å²) < 4.78 is 0. The Morgan fingerprint density at radius 3 is 2.56 bits per heavy atom. The van der Waals surface area contributed by atoms with Gasteiger partial charge in [0.25, 0.3) is 0 Å². The van der Waals surface area contributed by atoms with Gasteiger partial charge in [0.1, 0.15) is 0 Å². The van der Waals surface area contributed by atoms with Crippen molar-refractivity contribution in [3.8, 4) is 0 Å². The number of aryl methyl sites for hydroxylation is 1. The smallest absolute Gasteiger partial charge is 0.000846 e. The number of hydrogen-bond acceptors (Lipinski definition) is 1. The molecule has 0 radical (unpaired) electrons. The van der Waals surface area contributed by atoms with Crippen LogP contribution in [0.3, 0.4) is 0 Å². The Morgan fingerprint density at radius 1 is 1.00 bits per heavy atom. The predicted molar refractivity (Wildman–Crippen MR) is 70.9 cm³/mol. The number of rotatable bonds is 4. The van der Waals surface area contributed by atoms with Crippen LogP contribution in [0.5, 0.6) is 0 Å². The van der Waals surface area contributed by atoms with Crippen LogP contribution in [0.2, 0.25) is 0 Å². The third kappa shape index (κ3) is 2.61. The molecule has 0 saturated carbocycles. The summed E-state index contributed by atoms with van der Waals surface area (Å²) >= 11 is 0. The van der Waals surface area contributed by atoms with Crippen molar-refractivity contribution in [3.05, 3.63) is 47.5 Å². The molecule has 1 nitrogen and oxygen atoms in total. The zero-order valence-corrected chi connectivity index (χ0v) is 10.1. The van der Waals surface area contributed by atoms with Crippen LogP contribution in [0.1, 0.15) is 18.1 Å². The Kier molecular flexibility index (Phi) is 3.58. The van der Waals surface area contributed by atoms with E-state index in [1.807, 2.05) is 0 Å². The Balaban J connectivity index is 2.20. The van der Waals surface area contributed by atoms with Gasteiger partial charge in [0.2, 0.25) is 0 Å². The first-order valence-electron chi connectivity index (χ1n) is 5.99. The van der Waals surface area contributed by atoms with Crippen LogP contribution in [-0.2, 0) is 6.42 Å². The van der Waals surface area contributed by atoms with Crippen LogP contribution in [0.25, 0.3) is 10.8 Å². The lowest BCUT2D eigenvalue weighted by Crippen LogP contribution is -2.15. The summed E-state index contributed by atoms with van der Waals surface area (Å²) in [5.74, 6) is 0. The third-order valence-corrected chi connectivity index (χ3v) is 2.90. The zero-order chi connectivity index (χ0) is 11.4. The highest BCUT2D eigenvalue weighted by Gasteiger charge is 1.97. The van der Waals surface area contributed by atoms with Crippen LogP contribution >= 0.6 is 0 Å². The molecule has 0 aliphatic rings. The number of fused-ring (bicyclic) bond motifs is 1. The van der Waals surface area contributed by atoms with E-state index in [2.05, 4.69) is 55.6 Å². The van der Waals surface area contributed by atoms with E-state index in [0.29, 0.717) is 0 Å². The van der Waals surface area contributed by atoms with Gasteiger partial charge < -0.3 is 5.32 Å². The molecule has 0 unspecified atom stereocenters. The lowest BCUT2D eigenvalue weighted by atomic mass is 10.0. The lowest BCUT2D eigenvalue weighted by molar-refractivity contribution is 0.717. The van der Waals surface area contributed by atoms with Crippen molar-refractivity contribution in [2.45, 2.75) is 20.3 Å². The van der Waals surface area contributed by atoms with Gasteiger partial charge in [0.15, 0.2) is 0 Å². The maximum Gasteiger partial charge on any atom is -0.000846 e. The first-order valence-corrected chi connectivity index (χ1v) is 5.99. The van der Waals surface area contributed by atoms with Crippen molar-refractivity contribution in [1.82, 2.24) is 5.32 Å². The summed E-state index contributed by atoms with van der Waals surface area (Å²) in [4.78, 5) is 0. The summed E-state index contributed by atoms with van der Waals surface area (Å²) in [6.07, 6.45) is 1.11. The summed E-state index contributed by atoms with van der Waals surface area (Å²) in [5.41, 5.74) is 2.74. The van der Waals surface area contributed by atoms with Crippen LogP contribution in [-0.4, -0.2) is 13.1 Å². The van der Waals surface area contributed by atoms with Crippen molar-refractivity contribution in [2.75, 3.05) is 13.1 Å². The van der Waals surface area contributed by atoms with Gasteiger partial charge in [-0.05, 0) is 42.8 Å². The average molecular weight is 213 g/mol. The molecule has 0 aliphatic carbocycles. The SMILES string of the molecule is CCNCCc1ccc2cc(C)ccc2c1. The average Bonchev–Trinajstić information content (AvgIpc) is 2.29. The van der Waals surface area contributed by atoms with Crippen molar-refractivity contribution < 1.29 is 0 Å². The van der Waals surface area contributed by atoms with Crippen molar-refractivity contribution in [2.24, 2.45) is 0 Å². The van der Waals surface area contributed by atoms with Crippen LogP contribution in [0, 0.1) is 6.92 Å². The molecule has 0 amide bonds. The maximum absolute atomic E-state index is 3.35. The van der Waals surface area contributed by atoms with Gasteiger partial charge in [0, 0.05) is 0 Å². The summed E-state index contributed by atoms with van der Waals surface area (Å²) in [6.45, 7) is 6.39. The molecule has 2 rings (SSSR count). The molecule has 0 saturated heterocycles. The van der Waals surface area contributed by atoms with E-state index in [1.54, 1.807) is 0 Å². The topological polar surface area (TPSA) is 12.0 Å². The first kappa shape index (κ1) is 11.2. The minimum Gasteiger partial charge on any atom is -0.317 e. The van der Waals surface area contributed by atoms with Gasteiger partial charge in [-0.25, -0.2) is 0 Å². The minimum absolute atomic E-state index is 1.05. The van der Waals surface area contributed by atoms with E-state index in [9.17, 15) is 0 Å². The Labute approximate surface area is 97.5 Å². The van der Waals surface area contributed by atoms with E-state index in [-0.39, 0.29) is 0 Å². The molecule has 0 atom stereocenters. The van der Waals surface area contributed by atoms with Crippen molar-refractivity contribution >= 4 is 10.8 Å². The van der Waals surface area contributed by atoms with Crippen molar-refractivity contribution in [3.63, 3.8) is 0 Å².